The summed E-state index contributed by atoms with van der Waals surface area (Å²) in [5.41, 5.74) is 0.500. The van der Waals surface area contributed by atoms with E-state index in [1.807, 2.05) is 27.7 Å². The first kappa shape index (κ1) is 15.5. The van der Waals surface area contributed by atoms with Crippen LogP contribution < -0.4 is 0 Å². The van der Waals surface area contributed by atoms with E-state index in [2.05, 4.69) is 5.10 Å². The number of halogens is 1. The van der Waals surface area contributed by atoms with Gasteiger partial charge in [0.1, 0.15) is 4.90 Å². The largest absolute Gasteiger partial charge is 0.372 e. The minimum atomic E-state index is -3.79. The molecule has 18 heavy (non-hydrogen) atoms. The Morgan fingerprint density at radius 3 is 2.50 bits per heavy atom. The molecule has 0 bridgehead atoms. The topological polar surface area (TPSA) is 61.2 Å². The van der Waals surface area contributed by atoms with Gasteiger partial charge in [0.25, 0.3) is 9.05 Å². The van der Waals surface area contributed by atoms with Crippen LogP contribution in [0.4, 0.5) is 0 Å². The Morgan fingerprint density at radius 1 is 1.44 bits per heavy atom. The molecule has 0 N–H and O–H groups in total. The van der Waals surface area contributed by atoms with Crippen LogP contribution in [0.15, 0.2) is 11.1 Å². The molecule has 0 aromatic carbocycles. The summed E-state index contributed by atoms with van der Waals surface area (Å²) in [6.45, 7) is 7.97. The van der Waals surface area contributed by atoms with E-state index in [9.17, 15) is 8.42 Å². The van der Waals surface area contributed by atoms with Crippen LogP contribution >= 0.6 is 10.7 Å². The summed E-state index contributed by atoms with van der Waals surface area (Å²) in [7, 11) is 1.60. The van der Waals surface area contributed by atoms with Crippen molar-refractivity contribution in [3.63, 3.8) is 0 Å². The predicted octanol–water partition coefficient (Wildman–Crippen LogP) is 2.71. The van der Waals surface area contributed by atoms with E-state index < -0.39 is 9.05 Å². The van der Waals surface area contributed by atoms with Crippen molar-refractivity contribution in [3.05, 3.63) is 11.9 Å². The van der Waals surface area contributed by atoms with Crippen molar-refractivity contribution in [2.75, 3.05) is 0 Å². The Morgan fingerprint density at radius 2 is 2.06 bits per heavy atom. The number of nitrogens with zero attached hydrogens (tertiary/aromatic N) is 2. The molecule has 0 saturated heterocycles. The van der Waals surface area contributed by atoms with Gasteiger partial charge in [-0.1, -0.05) is 6.92 Å². The summed E-state index contributed by atoms with van der Waals surface area (Å²) in [5, 5.41) is 4.06. The summed E-state index contributed by atoms with van der Waals surface area (Å²) in [4.78, 5) is 0.0289. The highest BCUT2D eigenvalue weighted by Crippen LogP contribution is 2.23. The van der Waals surface area contributed by atoms with E-state index in [4.69, 9.17) is 15.4 Å². The van der Waals surface area contributed by atoms with Gasteiger partial charge in [0.15, 0.2) is 0 Å². The fourth-order valence-electron chi connectivity index (χ4n) is 1.50. The minimum Gasteiger partial charge on any atom is -0.372 e. The highest BCUT2D eigenvalue weighted by molar-refractivity contribution is 8.13. The maximum atomic E-state index is 11.5. The predicted molar refractivity (Wildman–Crippen MR) is 70.2 cm³/mol. The van der Waals surface area contributed by atoms with Crippen molar-refractivity contribution in [3.8, 4) is 0 Å². The molecule has 1 heterocycles. The molecule has 0 saturated carbocycles. The molecule has 1 aromatic heterocycles. The van der Waals surface area contributed by atoms with Crippen molar-refractivity contribution in [2.24, 2.45) is 0 Å². The summed E-state index contributed by atoms with van der Waals surface area (Å²) in [5.74, 6) is 0. The highest BCUT2D eigenvalue weighted by atomic mass is 35.7. The highest BCUT2D eigenvalue weighted by Gasteiger charge is 2.22. The van der Waals surface area contributed by atoms with Crippen LogP contribution in [0.1, 0.15) is 45.9 Å². The van der Waals surface area contributed by atoms with Crippen LogP contribution in [0.5, 0.6) is 0 Å². The maximum Gasteiger partial charge on any atom is 0.264 e. The van der Waals surface area contributed by atoms with E-state index in [0.717, 1.165) is 6.42 Å². The smallest absolute Gasteiger partial charge is 0.264 e. The number of hydrogen-bond acceptors (Lipinski definition) is 4. The monoisotopic (exact) mass is 294 g/mol. The third kappa shape index (κ3) is 3.70. The lowest BCUT2D eigenvalue weighted by atomic mass is 10.3. The van der Waals surface area contributed by atoms with Crippen molar-refractivity contribution in [2.45, 2.75) is 57.8 Å². The standard InChI is InChI=1S/C11H19ClN2O3S/c1-5-9(4)17-7-10-11(18(12,15)16)6-13-14(10)8(2)3/h6,8-9H,5,7H2,1-4H3/t9-/m0/s1. The van der Waals surface area contributed by atoms with Crippen LogP contribution in [-0.4, -0.2) is 24.3 Å². The summed E-state index contributed by atoms with van der Waals surface area (Å²) >= 11 is 0. The second-order valence-electron chi connectivity index (χ2n) is 4.46. The maximum absolute atomic E-state index is 11.5. The second-order valence-corrected chi connectivity index (χ2v) is 7.00. The van der Waals surface area contributed by atoms with E-state index in [1.165, 1.54) is 6.20 Å². The minimum absolute atomic E-state index is 0.0289. The first-order valence-electron chi connectivity index (χ1n) is 5.90. The first-order chi connectivity index (χ1) is 8.27. The molecule has 0 radical (unpaired) electrons. The van der Waals surface area contributed by atoms with Gasteiger partial charge >= 0.3 is 0 Å². The molecule has 5 nitrogen and oxygen atoms in total. The molecule has 0 unspecified atom stereocenters. The Balaban J connectivity index is 3.08. The van der Waals surface area contributed by atoms with Gasteiger partial charge in [-0.3, -0.25) is 4.68 Å². The van der Waals surface area contributed by atoms with Crippen molar-refractivity contribution in [1.82, 2.24) is 9.78 Å². The molecule has 1 aromatic rings. The van der Waals surface area contributed by atoms with Crippen LogP contribution in [0, 0.1) is 0 Å². The molecule has 1 atom stereocenters. The van der Waals surface area contributed by atoms with Crippen LogP contribution in [0.3, 0.4) is 0 Å². The molecular weight excluding hydrogens is 276 g/mol. The molecule has 0 aliphatic rings. The molecule has 0 aliphatic carbocycles. The fourth-order valence-corrected chi connectivity index (χ4v) is 2.49. The van der Waals surface area contributed by atoms with E-state index in [1.54, 1.807) is 4.68 Å². The average Bonchev–Trinajstić information content (AvgIpc) is 2.69. The third-order valence-corrected chi connectivity index (χ3v) is 4.06. The molecule has 0 spiro atoms. The number of aromatic nitrogens is 2. The van der Waals surface area contributed by atoms with Crippen molar-refractivity contribution >= 4 is 19.7 Å². The van der Waals surface area contributed by atoms with Crippen molar-refractivity contribution < 1.29 is 13.2 Å². The molecule has 0 aliphatic heterocycles. The fraction of sp³-hybridized carbons (Fsp3) is 0.727. The lowest BCUT2D eigenvalue weighted by molar-refractivity contribution is 0.0448. The van der Waals surface area contributed by atoms with Gasteiger partial charge in [0, 0.05) is 16.7 Å². The van der Waals surface area contributed by atoms with Gasteiger partial charge in [-0.05, 0) is 27.2 Å². The molecule has 1 rings (SSSR count). The number of rotatable bonds is 6. The summed E-state index contributed by atoms with van der Waals surface area (Å²) in [6.07, 6.45) is 2.20. The van der Waals surface area contributed by atoms with E-state index in [0.29, 0.717) is 5.69 Å². The quantitative estimate of drug-likeness (QED) is 0.757. The van der Waals surface area contributed by atoms with E-state index >= 15 is 0 Å². The van der Waals surface area contributed by atoms with Crippen LogP contribution in [0.2, 0.25) is 0 Å². The lowest BCUT2D eigenvalue weighted by Crippen LogP contribution is -2.14. The number of hydrogen-bond donors (Lipinski definition) is 0. The average molecular weight is 295 g/mol. The van der Waals surface area contributed by atoms with Gasteiger partial charge in [0.05, 0.1) is 24.6 Å². The van der Waals surface area contributed by atoms with Crippen molar-refractivity contribution in [1.29, 1.82) is 0 Å². The zero-order chi connectivity index (χ0) is 13.9. The molecular formula is C11H19ClN2O3S. The zero-order valence-corrected chi connectivity index (χ0v) is 12.6. The lowest BCUT2D eigenvalue weighted by Gasteiger charge is -2.15. The van der Waals surface area contributed by atoms with Gasteiger partial charge in [-0.25, -0.2) is 8.42 Å². The van der Waals surface area contributed by atoms with Gasteiger partial charge in [-0.15, -0.1) is 0 Å². The first-order valence-corrected chi connectivity index (χ1v) is 8.21. The Bertz CT molecular complexity index is 496. The SMILES string of the molecule is CC[C@H](C)OCc1c(S(=O)(=O)Cl)cnn1C(C)C. The second kappa shape index (κ2) is 6.04. The van der Waals surface area contributed by atoms with Gasteiger partial charge in [0.2, 0.25) is 0 Å². The number of ether oxygens (including phenoxy) is 1. The third-order valence-electron chi connectivity index (χ3n) is 2.69. The summed E-state index contributed by atoms with van der Waals surface area (Å²) < 4.78 is 30.1. The Labute approximate surface area is 113 Å². The van der Waals surface area contributed by atoms with Crippen LogP contribution in [-0.2, 0) is 20.4 Å². The molecule has 0 amide bonds. The summed E-state index contributed by atoms with van der Waals surface area (Å²) in [6, 6.07) is 0.0488. The molecule has 0 fully saturated rings. The zero-order valence-electron chi connectivity index (χ0n) is 11.1. The molecule has 7 heteroatoms. The Kier molecular flexibility index (Phi) is 5.19. The van der Waals surface area contributed by atoms with Crippen LogP contribution in [0.25, 0.3) is 0 Å². The Hall–Kier alpha value is -0.590. The normalized spacial score (nSPS) is 14.1. The molecule has 104 valence electrons. The van der Waals surface area contributed by atoms with E-state index in [-0.39, 0.29) is 23.6 Å². The van der Waals surface area contributed by atoms with Gasteiger partial charge in [-0.2, -0.15) is 5.10 Å². The van der Waals surface area contributed by atoms with Gasteiger partial charge < -0.3 is 4.74 Å².